The number of likely N-dealkylation sites (tertiary alicyclic amines) is 1. The first-order chi connectivity index (χ1) is 10.9. The number of carboxylic acid groups (broad SMARTS) is 1. The third-order valence-corrected chi connectivity index (χ3v) is 4.89. The maximum Gasteiger partial charge on any atom is 0.308 e. The predicted octanol–water partition coefficient (Wildman–Crippen LogP) is 2.40. The number of thioether (sulfide) groups is 1. The van der Waals surface area contributed by atoms with Crippen LogP contribution in [0, 0.1) is 16.0 Å². The van der Waals surface area contributed by atoms with Crippen molar-refractivity contribution in [2.24, 2.45) is 5.92 Å². The number of carbonyl (C=O) groups excluding carboxylic acids is 1. The number of amides is 1. The normalized spacial score (nSPS) is 19.2. The molecule has 1 aliphatic rings. The number of hydrogen-bond donors (Lipinski definition) is 1. The van der Waals surface area contributed by atoms with Gasteiger partial charge in [0, 0.05) is 30.1 Å². The molecule has 1 fully saturated rings. The lowest BCUT2D eigenvalue weighted by molar-refractivity contribution is -0.384. The van der Waals surface area contributed by atoms with Gasteiger partial charge in [-0.2, -0.15) is 0 Å². The molecule has 0 bridgehead atoms. The van der Waals surface area contributed by atoms with Crippen molar-refractivity contribution in [2.75, 3.05) is 13.1 Å². The quantitative estimate of drug-likeness (QED) is 0.502. The predicted molar refractivity (Wildman–Crippen MR) is 85.4 cm³/mol. The minimum absolute atomic E-state index is 0.00802. The number of aliphatic carboxylic acids is 1. The molecular formula is C15H18N2O5S. The van der Waals surface area contributed by atoms with Crippen LogP contribution in [0.3, 0.4) is 0 Å². The third-order valence-electron chi connectivity index (χ3n) is 3.79. The molecular weight excluding hydrogens is 320 g/mol. The Balaban J connectivity index is 1.96. The van der Waals surface area contributed by atoms with Crippen LogP contribution in [-0.2, 0) is 9.59 Å². The Morgan fingerprint density at radius 1 is 1.39 bits per heavy atom. The lowest BCUT2D eigenvalue weighted by Crippen LogP contribution is -2.45. The van der Waals surface area contributed by atoms with Gasteiger partial charge in [-0.3, -0.25) is 19.7 Å². The number of nitro benzene ring substituents is 1. The Morgan fingerprint density at radius 2 is 2.04 bits per heavy atom. The second-order valence-electron chi connectivity index (χ2n) is 5.47. The van der Waals surface area contributed by atoms with E-state index in [0.717, 1.165) is 4.90 Å². The van der Waals surface area contributed by atoms with Crippen molar-refractivity contribution in [3.8, 4) is 0 Å². The number of hydrogen-bond acceptors (Lipinski definition) is 5. The van der Waals surface area contributed by atoms with Crippen LogP contribution in [0.5, 0.6) is 0 Å². The highest BCUT2D eigenvalue weighted by Crippen LogP contribution is 2.27. The van der Waals surface area contributed by atoms with Crippen LogP contribution in [0.1, 0.15) is 19.8 Å². The molecule has 0 saturated carbocycles. The Morgan fingerprint density at radius 3 is 2.61 bits per heavy atom. The number of carboxylic acids is 1. The van der Waals surface area contributed by atoms with E-state index in [9.17, 15) is 19.7 Å². The van der Waals surface area contributed by atoms with Crippen molar-refractivity contribution < 1.29 is 19.6 Å². The van der Waals surface area contributed by atoms with Crippen LogP contribution in [-0.4, -0.2) is 45.1 Å². The molecule has 23 heavy (non-hydrogen) atoms. The zero-order chi connectivity index (χ0) is 17.0. The van der Waals surface area contributed by atoms with Gasteiger partial charge in [-0.15, -0.1) is 11.8 Å². The molecule has 1 unspecified atom stereocenters. The molecule has 1 saturated heterocycles. The first kappa shape index (κ1) is 17.3. The zero-order valence-corrected chi connectivity index (χ0v) is 13.5. The number of benzene rings is 1. The van der Waals surface area contributed by atoms with Crippen LogP contribution in [0.4, 0.5) is 5.69 Å². The molecule has 0 spiro atoms. The zero-order valence-electron chi connectivity index (χ0n) is 12.7. The summed E-state index contributed by atoms with van der Waals surface area (Å²) in [6.07, 6.45) is 1.29. The summed E-state index contributed by atoms with van der Waals surface area (Å²) in [5, 5.41) is 19.3. The molecule has 8 heteroatoms. The summed E-state index contributed by atoms with van der Waals surface area (Å²) in [5.74, 6) is -1.46. The van der Waals surface area contributed by atoms with Crippen molar-refractivity contribution in [3.63, 3.8) is 0 Å². The molecule has 1 aliphatic heterocycles. The summed E-state index contributed by atoms with van der Waals surface area (Å²) >= 11 is 1.31. The van der Waals surface area contributed by atoms with Crippen LogP contribution in [0.25, 0.3) is 0 Å². The number of carbonyl (C=O) groups is 2. The Labute approximate surface area is 137 Å². The summed E-state index contributed by atoms with van der Waals surface area (Å²) in [6.45, 7) is 2.59. The van der Waals surface area contributed by atoms with Gasteiger partial charge in [-0.05, 0) is 31.9 Å². The number of nitrogens with zero attached hydrogens (tertiary/aromatic N) is 2. The molecule has 124 valence electrons. The second kappa shape index (κ2) is 7.45. The molecule has 1 N–H and O–H groups in total. The van der Waals surface area contributed by atoms with Gasteiger partial charge in [0.1, 0.15) is 0 Å². The molecule has 2 rings (SSSR count). The summed E-state index contributed by atoms with van der Waals surface area (Å²) in [4.78, 5) is 36.0. The molecule has 1 amide bonds. The third kappa shape index (κ3) is 4.44. The topological polar surface area (TPSA) is 101 Å². The van der Waals surface area contributed by atoms with Gasteiger partial charge in [0.25, 0.3) is 5.69 Å². The van der Waals surface area contributed by atoms with E-state index in [1.807, 2.05) is 0 Å². The number of piperidine rings is 1. The van der Waals surface area contributed by atoms with E-state index >= 15 is 0 Å². The lowest BCUT2D eigenvalue weighted by atomic mass is 9.98. The highest BCUT2D eigenvalue weighted by Gasteiger charge is 2.30. The van der Waals surface area contributed by atoms with Crippen LogP contribution in [0.2, 0.25) is 0 Å². The van der Waals surface area contributed by atoms with Gasteiger partial charge in [0.15, 0.2) is 0 Å². The molecule has 1 aromatic rings. The maximum absolute atomic E-state index is 12.4. The van der Waals surface area contributed by atoms with Crippen molar-refractivity contribution in [1.82, 2.24) is 4.90 Å². The fourth-order valence-electron chi connectivity index (χ4n) is 2.54. The van der Waals surface area contributed by atoms with Gasteiger partial charge in [-0.1, -0.05) is 0 Å². The molecule has 1 heterocycles. The largest absolute Gasteiger partial charge is 0.481 e. The highest BCUT2D eigenvalue weighted by atomic mass is 32.2. The minimum Gasteiger partial charge on any atom is -0.481 e. The van der Waals surface area contributed by atoms with E-state index in [-0.39, 0.29) is 23.4 Å². The lowest BCUT2D eigenvalue weighted by Gasteiger charge is -2.32. The monoisotopic (exact) mass is 338 g/mol. The smallest absolute Gasteiger partial charge is 0.308 e. The standard InChI is InChI=1S/C15H18N2O5S/c1-10(23-13-6-4-12(5-7-13)17(21)22)14(18)16-8-2-3-11(9-16)15(19)20/h4-7,10-11H,2-3,8-9H2,1H3,(H,19,20)/t10?,11-/m0/s1. The van der Waals surface area contributed by atoms with E-state index in [2.05, 4.69) is 0 Å². The van der Waals surface area contributed by atoms with E-state index in [0.29, 0.717) is 19.4 Å². The number of rotatable bonds is 5. The van der Waals surface area contributed by atoms with Crippen LogP contribution >= 0.6 is 11.8 Å². The molecule has 0 aromatic heterocycles. The molecule has 0 aliphatic carbocycles. The summed E-state index contributed by atoms with van der Waals surface area (Å²) in [7, 11) is 0. The molecule has 0 radical (unpaired) electrons. The molecule has 7 nitrogen and oxygen atoms in total. The highest BCUT2D eigenvalue weighted by molar-refractivity contribution is 8.00. The van der Waals surface area contributed by atoms with Gasteiger partial charge < -0.3 is 10.0 Å². The SMILES string of the molecule is CC(Sc1ccc([N+](=O)[O-])cc1)C(=O)N1CCC[C@H](C(=O)O)C1. The second-order valence-corrected chi connectivity index (χ2v) is 6.89. The van der Waals surface area contributed by atoms with E-state index in [1.54, 1.807) is 24.0 Å². The van der Waals surface area contributed by atoms with Gasteiger partial charge in [-0.25, -0.2) is 0 Å². The summed E-state index contributed by atoms with van der Waals surface area (Å²) in [5.41, 5.74) is 0.00802. The van der Waals surface area contributed by atoms with Gasteiger partial charge >= 0.3 is 5.97 Å². The average molecular weight is 338 g/mol. The minimum atomic E-state index is -0.863. The number of nitro groups is 1. The van der Waals surface area contributed by atoms with Crippen molar-refractivity contribution >= 4 is 29.3 Å². The molecule has 2 atom stereocenters. The first-order valence-electron chi connectivity index (χ1n) is 7.31. The van der Waals surface area contributed by atoms with Crippen molar-refractivity contribution in [1.29, 1.82) is 0 Å². The first-order valence-corrected chi connectivity index (χ1v) is 8.19. The average Bonchev–Trinajstić information content (AvgIpc) is 2.54. The van der Waals surface area contributed by atoms with E-state index in [1.165, 1.54) is 23.9 Å². The number of non-ortho nitro benzene ring substituents is 1. The summed E-state index contributed by atoms with van der Waals surface area (Å²) in [6, 6.07) is 6.04. The maximum atomic E-state index is 12.4. The Hall–Kier alpha value is -2.09. The Kier molecular flexibility index (Phi) is 5.59. The summed E-state index contributed by atoms with van der Waals surface area (Å²) < 4.78 is 0. The van der Waals surface area contributed by atoms with Gasteiger partial charge in [0.2, 0.25) is 5.91 Å². The fraction of sp³-hybridized carbons (Fsp3) is 0.467. The van der Waals surface area contributed by atoms with Crippen LogP contribution in [0.15, 0.2) is 29.2 Å². The fourth-order valence-corrected chi connectivity index (χ4v) is 3.49. The van der Waals surface area contributed by atoms with Gasteiger partial charge in [0.05, 0.1) is 16.1 Å². The van der Waals surface area contributed by atoms with Crippen LogP contribution < -0.4 is 0 Å². The molecule has 1 aromatic carbocycles. The van der Waals surface area contributed by atoms with E-state index < -0.39 is 16.8 Å². The van der Waals surface area contributed by atoms with E-state index in [4.69, 9.17) is 5.11 Å². The van der Waals surface area contributed by atoms with Crippen molar-refractivity contribution in [2.45, 2.75) is 29.9 Å². The van der Waals surface area contributed by atoms with Crippen molar-refractivity contribution in [3.05, 3.63) is 34.4 Å². The Bertz CT molecular complexity index is 604.